The van der Waals surface area contributed by atoms with Gasteiger partial charge in [-0.2, -0.15) is 0 Å². The van der Waals surface area contributed by atoms with Crippen molar-refractivity contribution in [3.63, 3.8) is 0 Å². The number of phenolic OH excluding ortho intramolecular Hbond substituents is 1. The van der Waals surface area contributed by atoms with E-state index in [4.69, 9.17) is 0 Å². The maximum absolute atomic E-state index is 9.25. The summed E-state index contributed by atoms with van der Waals surface area (Å²) in [7, 11) is 0. The molecule has 0 radical (unpaired) electrons. The fraction of sp³-hybridized carbons (Fsp3) is 0.0769. The number of hydrogen-bond acceptors (Lipinski definition) is 3. The van der Waals surface area contributed by atoms with E-state index in [1.54, 1.807) is 23.9 Å². The van der Waals surface area contributed by atoms with Crippen molar-refractivity contribution in [2.75, 3.05) is 5.32 Å². The van der Waals surface area contributed by atoms with Crippen molar-refractivity contribution in [2.45, 2.75) is 10.3 Å². The smallest absolute Gasteiger partial charge is 0.115 e. The van der Waals surface area contributed by atoms with Crippen molar-refractivity contribution >= 4 is 17.4 Å². The summed E-state index contributed by atoms with van der Waals surface area (Å²) in [6.45, 7) is 0. The molecule has 16 heavy (non-hydrogen) atoms. The number of thioether (sulfide) groups is 1. The van der Waals surface area contributed by atoms with Crippen molar-refractivity contribution in [3.8, 4) is 5.75 Å². The quantitative estimate of drug-likeness (QED) is 0.783. The molecule has 0 amide bonds. The molecule has 2 N–H and O–H groups in total. The zero-order valence-electron chi connectivity index (χ0n) is 8.55. The Morgan fingerprint density at radius 1 is 1.00 bits per heavy atom. The summed E-state index contributed by atoms with van der Waals surface area (Å²) < 4.78 is 0. The van der Waals surface area contributed by atoms with E-state index in [1.165, 1.54) is 16.1 Å². The van der Waals surface area contributed by atoms with Crippen LogP contribution in [0.2, 0.25) is 0 Å². The number of nitrogens with one attached hydrogen (secondary N) is 1. The van der Waals surface area contributed by atoms with E-state index in [0.29, 0.717) is 5.75 Å². The Bertz CT molecular complexity index is 485. The minimum atomic E-state index is 0.248. The Labute approximate surface area is 98.3 Å². The van der Waals surface area contributed by atoms with Crippen LogP contribution >= 0.6 is 11.8 Å². The predicted octanol–water partition coefficient (Wildman–Crippen LogP) is 3.61. The molecule has 0 aromatic heterocycles. The molecule has 0 unspecified atom stereocenters. The number of benzene rings is 2. The van der Waals surface area contributed by atoms with E-state index in [2.05, 4.69) is 17.4 Å². The Morgan fingerprint density at radius 3 is 2.50 bits per heavy atom. The van der Waals surface area contributed by atoms with Gasteiger partial charge in [0.15, 0.2) is 0 Å². The fourth-order valence-electron chi connectivity index (χ4n) is 1.79. The van der Waals surface area contributed by atoms with Crippen LogP contribution < -0.4 is 5.32 Å². The summed E-state index contributed by atoms with van der Waals surface area (Å²) in [5, 5.41) is 12.9. The van der Waals surface area contributed by atoms with Crippen molar-refractivity contribution in [3.05, 3.63) is 54.1 Å². The van der Waals surface area contributed by atoms with Gasteiger partial charge in [0.1, 0.15) is 11.1 Å². The molecule has 2 nitrogen and oxygen atoms in total. The molecule has 0 fully saturated rings. The minimum absolute atomic E-state index is 0.248. The van der Waals surface area contributed by atoms with E-state index in [0.717, 1.165) is 0 Å². The van der Waals surface area contributed by atoms with Crippen LogP contribution in [-0.2, 0) is 0 Å². The SMILES string of the molecule is Oc1ccc([C@@H]2Nc3ccccc3S2)cc1. The highest BCUT2D eigenvalue weighted by Gasteiger charge is 2.21. The molecule has 1 aliphatic rings. The summed E-state index contributed by atoms with van der Waals surface area (Å²) in [6.07, 6.45) is 0. The molecule has 2 aromatic rings. The molecule has 1 atom stereocenters. The molecule has 0 bridgehead atoms. The zero-order chi connectivity index (χ0) is 11.0. The number of aromatic hydroxyl groups is 1. The Kier molecular flexibility index (Phi) is 2.26. The summed E-state index contributed by atoms with van der Waals surface area (Å²) in [6, 6.07) is 15.6. The summed E-state index contributed by atoms with van der Waals surface area (Å²) in [5.41, 5.74) is 2.37. The van der Waals surface area contributed by atoms with Crippen molar-refractivity contribution in [1.29, 1.82) is 0 Å². The Morgan fingerprint density at radius 2 is 1.75 bits per heavy atom. The third kappa shape index (κ3) is 1.63. The molecule has 0 spiro atoms. The Balaban J connectivity index is 1.88. The number of anilines is 1. The number of fused-ring (bicyclic) bond motifs is 1. The first-order valence-corrected chi connectivity index (χ1v) is 6.02. The number of hydrogen-bond donors (Lipinski definition) is 2. The van der Waals surface area contributed by atoms with Gasteiger partial charge in [-0.1, -0.05) is 36.0 Å². The highest BCUT2D eigenvalue weighted by Crippen LogP contribution is 2.46. The molecule has 0 saturated heterocycles. The second-order valence-corrected chi connectivity index (χ2v) is 4.88. The van der Waals surface area contributed by atoms with Crippen LogP contribution in [0.15, 0.2) is 53.4 Å². The second kappa shape index (κ2) is 3.76. The van der Waals surface area contributed by atoms with Gasteiger partial charge >= 0.3 is 0 Å². The van der Waals surface area contributed by atoms with Crippen LogP contribution in [0, 0.1) is 0 Å². The van der Waals surface area contributed by atoms with E-state index >= 15 is 0 Å². The molecule has 0 aliphatic carbocycles. The lowest BCUT2D eigenvalue weighted by Crippen LogP contribution is -2.00. The second-order valence-electron chi connectivity index (χ2n) is 3.73. The molecular formula is C13H11NOS. The van der Waals surface area contributed by atoms with Crippen LogP contribution in [0.4, 0.5) is 5.69 Å². The first kappa shape index (κ1) is 9.60. The van der Waals surface area contributed by atoms with Gasteiger partial charge in [-0.05, 0) is 29.8 Å². The van der Waals surface area contributed by atoms with E-state index in [-0.39, 0.29) is 5.37 Å². The van der Waals surface area contributed by atoms with Crippen molar-refractivity contribution in [2.24, 2.45) is 0 Å². The molecule has 80 valence electrons. The predicted molar refractivity (Wildman–Crippen MR) is 66.8 cm³/mol. The van der Waals surface area contributed by atoms with Gasteiger partial charge in [0, 0.05) is 10.6 Å². The summed E-state index contributed by atoms with van der Waals surface area (Å²) >= 11 is 1.80. The van der Waals surface area contributed by atoms with Gasteiger partial charge in [-0.3, -0.25) is 0 Å². The lowest BCUT2D eigenvalue weighted by molar-refractivity contribution is 0.475. The van der Waals surface area contributed by atoms with Gasteiger partial charge in [0.2, 0.25) is 0 Å². The maximum Gasteiger partial charge on any atom is 0.115 e. The number of para-hydroxylation sites is 1. The van der Waals surface area contributed by atoms with Gasteiger partial charge in [-0.15, -0.1) is 0 Å². The van der Waals surface area contributed by atoms with Crippen LogP contribution in [0.3, 0.4) is 0 Å². The summed E-state index contributed by atoms with van der Waals surface area (Å²) in [5.74, 6) is 0.310. The van der Waals surface area contributed by atoms with Crippen molar-refractivity contribution < 1.29 is 5.11 Å². The maximum atomic E-state index is 9.25. The van der Waals surface area contributed by atoms with Crippen LogP contribution in [-0.4, -0.2) is 5.11 Å². The highest BCUT2D eigenvalue weighted by atomic mass is 32.2. The van der Waals surface area contributed by atoms with E-state index in [1.807, 2.05) is 24.3 Å². The van der Waals surface area contributed by atoms with Gasteiger partial charge in [0.25, 0.3) is 0 Å². The average molecular weight is 229 g/mol. The van der Waals surface area contributed by atoms with E-state index < -0.39 is 0 Å². The van der Waals surface area contributed by atoms with Gasteiger partial charge in [-0.25, -0.2) is 0 Å². The largest absolute Gasteiger partial charge is 0.508 e. The number of rotatable bonds is 1. The molecule has 0 saturated carbocycles. The molecule has 1 aliphatic heterocycles. The Hall–Kier alpha value is -1.61. The average Bonchev–Trinajstić information content (AvgIpc) is 2.73. The molecule has 2 aromatic carbocycles. The van der Waals surface area contributed by atoms with Gasteiger partial charge in [0.05, 0.1) is 0 Å². The van der Waals surface area contributed by atoms with Crippen LogP contribution in [0.5, 0.6) is 5.75 Å². The standard InChI is InChI=1S/C13H11NOS/c15-10-7-5-9(6-8-10)13-14-11-3-1-2-4-12(11)16-13/h1-8,13-15H/t13-/m1/s1. The van der Waals surface area contributed by atoms with Gasteiger partial charge < -0.3 is 10.4 Å². The normalized spacial score (nSPS) is 17.9. The zero-order valence-corrected chi connectivity index (χ0v) is 9.37. The highest BCUT2D eigenvalue weighted by molar-refractivity contribution is 8.00. The molecule has 3 rings (SSSR count). The third-order valence-electron chi connectivity index (χ3n) is 2.61. The lowest BCUT2D eigenvalue weighted by atomic mass is 10.2. The van der Waals surface area contributed by atoms with Crippen LogP contribution in [0.1, 0.15) is 10.9 Å². The first-order chi connectivity index (χ1) is 7.83. The number of phenols is 1. The third-order valence-corrected chi connectivity index (χ3v) is 3.85. The van der Waals surface area contributed by atoms with Crippen molar-refractivity contribution in [1.82, 2.24) is 0 Å². The topological polar surface area (TPSA) is 32.3 Å². The summed E-state index contributed by atoms with van der Waals surface area (Å²) in [4.78, 5) is 1.28. The molecule has 3 heteroatoms. The lowest BCUT2D eigenvalue weighted by Gasteiger charge is -2.10. The van der Waals surface area contributed by atoms with Crippen LogP contribution in [0.25, 0.3) is 0 Å². The first-order valence-electron chi connectivity index (χ1n) is 5.14. The minimum Gasteiger partial charge on any atom is -0.508 e. The fourth-order valence-corrected chi connectivity index (χ4v) is 2.93. The molecular weight excluding hydrogens is 218 g/mol. The van der Waals surface area contributed by atoms with E-state index in [9.17, 15) is 5.11 Å². The molecule has 1 heterocycles. The monoisotopic (exact) mass is 229 g/mol.